The molecule has 0 radical (unpaired) electrons. The monoisotopic (exact) mass is 436 g/mol. The maximum absolute atomic E-state index is 13.4. The molecule has 1 aliphatic rings. The molecule has 0 aliphatic carbocycles. The van der Waals surface area contributed by atoms with Crippen molar-refractivity contribution in [2.24, 2.45) is 0 Å². The molecule has 1 fully saturated rings. The Kier molecular flexibility index (Phi) is 5.59. The summed E-state index contributed by atoms with van der Waals surface area (Å²) in [5, 5.41) is 5.59. The molecule has 0 spiro atoms. The summed E-state index contributed by atoms with van der Waals surface area (Å²) < 4.78 is 45.4. The van der Waals surface area contributed by atoms with Gasteiger partial charge in [-0.3, -0.25) is 4.79 Å². The van der Waals surface area contributed by atoms with Crippen LogP contribution in [0.15, 0.2) is 34.2 Å². The van der Waals surface area contributed by atoms with Crippen LogP contribution >= 0.6 is 11.3 Å². The average Bonchev–Trinajstić information content (AvgIpc) is 3.44. The number of likely N-dealkylation sites (tertiary alicyclic amines) is 1. The van der Waals surface area contributed by atoms with Crippen molar-refractivity contribution in [3.63, 3.8) is 0 Å². The number of piperidine rings is 1. The first-order chi connectivity index (χ1) is 14.3. The molecule has 4 rings (SSSR count). The maximum atomic E-state index is 13.4. The van der Waals surface area contributed by atoms with Crippen LogP contribution in [0.3, 0.4) is 0 Å². The number of halogens is 3. The Morgan fingerprint density at radius 3 is 2.83 bits per heavy atom. The molecule has 30 heavy (non-hydrogen) atoms. The molecule has 0 unspecified atom stereocenters. The molecule has 158 valence electrons. The van der Waals surface area contributed by atoms with Crippen LogP contribution in [0.1, 0.15) is 53.5 Å². The standard InChI is InChI=1S/C20H19F3N4O2S/c1-2-13-9-15(26-29-13)19(28)27-7-3-5-12(11-27)18-24-14(16-6-4-8-30-16)10-17(25-18)20(21,22)23/h4,6,8-10,12H,2-3,5,7,11H2,1H3/t12-/m1/s1. The topological polar surface area (TPSA) is 72.1 Å². The van der Waals surface area contributed by atoms with E-state index in [2.05, 4.69) is 15.1 Å². The normalized spacial score (nSPS) is 17.3. The second-order valence-electron chi connectivity index (χ2n) is 7.09. The van der Waals surface area contributed by atoms with Crippen molar-refractivity contribution in [2.45, 2.75) is 38.3 Å². The molecule has 6 nitrogen and oxygen atoms in total. The van der Waals surface area contributed by atoms with Crippen molar-refractivity contribution in [2.75, 3.05) is 13.1 Å². The highest BCUT2D eigenvalue weighted by atomic mass is 32.1. The van der Waals surface area contributed by atoms with Gasteiger partial charge in [-0.15, -0.1) is 11.3 Å². The highest BCUT2D eigenvalue weighted by Crippen LogP contribution is 2.34. The van der Waals surface area contributed by atoms with Gasteiger partial charge in [-0.2, -0.15) is 13.2 Å². The highest BCUT2D eigenvalue weighted by Gasteiger charge is 2.36. The van der Waals surface area contributed by atoms with Crippen LogP contribution < -0.4 is 0 Å². The molecule has 1 aliphatic heterocycles. The van der Waals surface area contributed by atoms with Gasteiger partial charge in [0.1, 0.15) is 17.3 Å². The number of amides is 1. The van der Waals surface area contributed by atoms with Gasteiger partial charge in [0.25, 0.3) is 5.91 Å². The number of carbonyl (C=O) groups is 1. The zero-order valence-corrected chi connectivity index (χ0v) is 17.0. The van der Waals surface area contributed by atoms with Gasteiger partial charge in [0, 0.05) is 31.5 Å². The molecule has 3 aromatic rings. The van der Waals surface area contributed by atoms with E-state index in [1.165, 1.54) is 11.3 Å². The predicted octanol–water partition coefficient (Wildman–Crippen LogP) is 4.79. The number of aromatic nitrogens is 3. The molecule has 1 saturated heterocycles. The number of nitrogens with zero attached hydrogens (tertiary/aromatic N) is 4. The third kappa shape index (κ3) is 4.23. The Balaban J connectivity index is 1.62. The van der Waals surface area contributed by atoms with Crippen LogP contribution in [-0.4, -0.2) is 39.0 Å². The summed E-state index contributed by atoms with van der Waals surface area (Å²) in [6.45, 7) is 2.63. The average molecular weight is 436 g/mol. The van der Waals surface area contributed by atoms with Crippen LogP contribution in [0.25, 0.3) is 10.6 Å². The molecule has 3 aromatic heterocycles. The third-order valence-electron chi connectivity index (χ3n) is 5.01. The molecule has 4 heterocycles. The van der Waals surface area contributed by atoms with Gasteiger partial charge in [-0.05, 0) is 30.4 Å². The number of hydrogen-bond donors (Lipinski definition) is 0. The van der Waals surface area contributed by atoms with Gasteiger partial charge >= 0.3 is 6.18 Å². The van der Waals surface area contributed by atoms with E-state index in [9.17, 15) is 18.0 Å². The molecule has 1 amide bonds. The second-order valence-corrected chi connectivity index (χ2v) is 8.04. The highest BCUT2D eigenvalue weighted by molar-refractivity contribution is 7.13. The van der Waals surface area contributed by atoms with Crippen molar-refractivity contribution in [3.05, 3.63) is 52.6 Å². The number of rotatable bonds is 4. The van der Waals surface area contributed by atoms with E-state index in [-0.39, 0.29) is 35.6 Å². The zero-order chi connectivity index (χ0) is 21.3. The maximum Gasteiger partial charge on any atom is 0.433 e. The van der Waals surface area contributed by atoms with Crippen molar-refractivity contribution >= 4 is 17.2 Å². The lowest BCUT2D eigenvalue weighted by Gasteiger charge is -2.31. The van der Waals surface area contributed by atoms with Gasteiger partial charge in [0.2, 0.25) is 0 Å². The Morgan fingerprint density at radius 1 is 1.33 bits per heavy atom. The number of aryl methyl sites for hydroxylation is 1. The number of thiophene rings is 1. The fourth-order valence-electron chi connectivity index (χ4n) is 3.46. The summed E-state index contributed by atoms with van der Waals surface area (Å²) in [5.74, 6) is 0.0312. The van der Waals surface area contributed by atoms with Gasteiger partial charge < -0.3 is 9.42 Å². The first-order valence-electron chi connectivity index (χ1n) is 9.60. The summed E-state index contributed by atoms with van der Waals surface area (Å²) in [6, 6.07) is 6.06. The molecule has 0 aromatic carbocycles. The number of hydrogen-bond acceptors (Lipinski definition) is 6. The van der Waals surface area contributed by atoms with Gasteiger partial charge in [-0.25, -0.2) is 9.97 Å². The van der Waals surface area contributed by atoms with E-state index in [0.29, 0.717) is 36.4 Å². The van der Waals surface area contributed by atoms with Crippen molar-refractivity contribution < 1.29 is 22.5 Å². The fourth-order valence-corrected chi connectivity index (χ4v) is 4.15. The van der Waals surface area contributed by atoms with E-state index in [4.69, 9.17) is 4.52 Å². The Hall–Kier alpha value is -2.75. The molecule has 10 heteroatoms. The van der Waals surface area contributed by atoms with Gasteiger partial charge in [0.05, 0.1) is 10.6 Å². The Bertz CT molecular complexity index is 1030. The van der Waals surface area contributed by atoms with E-state index in [1.807, 2.05) is 6.92 Å². The summed E-state index contributed by atoms with van der Waals surface area (Å²) in [7, 11) is 0. The molecular weight excluding hydrogens is 417 g/mol. The van der Waals surface area contributed by atoms with Crippen molar-refractivity contribution in [1.29, 1.82) is 0 Å². The van der Waals surface area contributed by atoms with Gasteiger partial charge in [-0.1, -0.05) is 18.1 Å². The van der Waals surface area contributed by atoms with E-state index in [1.54, 1.807) is 28.5 Å². The summed E-state index contributed by atoms with van der Waals surface area (Å²) in [6.07, 6.45) is -2.71. The Labute approximate surface area is 174 Å². The summed E-state index contributed by atoms with van der Waals surface area (Å²) in [5.41, 5.74) is -0.518. The molecule has 0 N–H and O–H groups in total. The minimum atomic E-state index is -4.58. The van der Waals surface area contributed by atoms with Crippen molar-refractivity contribution in [1.82, 2.24) is 20.0 Å². The molecule has 0 saturated carbocycles. The lowest BCUT2D eigenvalue weighted by Crippen LogP contribution is -2.39. The molecule has 0 bridgehead atoms. The van der Waals surface area contributed by atoms with Crippen LogP contribution in [0, 0.1) is 0 Å². The third-order valence-corrected chi connectivity index (χ3v) is 5.90. The van der Waals surface area contributed by atoms with Crippen LogP contribution in [0.5, 0.6) is 0 Å². The second kappa shape index (κ2) is 8.17. The first kappa shape index (κ1) is 20.5. The van der Waals surface area contributed by atoms with E-state index >= 15 is 0 Å². The minimum absolute atomic E-state index is 0.111. The fraction of sp³-hybridized carbons (Fsp3) is 0.400. The first-order valence-corrected chi connectivity index (χ1v) is 10.5. The lowest BCUT2D eigenvalue weighted by molar-refractivity contribution is -0.141. The quantitative estimate of drug-likeness (QED) is 0.588. The smallest absolute Gasteiger partial charge is 0.361 e. The number of carbonyl (C=O) groups excluding carboxylic acids is 1. The SMILES string of the molecule is CCc1cc(C(=O)N2CCC[C@@H](c3nc(-c4cccs4)cc(C(F)(F)F)n3)C2)no1. The summed E-state index contributed by atoms with van der Waals surface area (Å²) >= 11 is 1.32. The molecule has 1 atom stereocenters. The lowest BCUT2D eigenvalue weighted by atomic mass is 9.96. The van der Waals surface area contributed by atoms with Crippen LogP contribution in [-0.2, 0) is 12.6 Å². The van der Waals surface area contributed by atoms with Crippen LogP contribution in [0.4, 0.5) is 13.2 Å². The predicted molar refractivity (Wildman–Crippen MR) is 104 cm³/mol. The van der Waals surface area contributed by atoms with Crippen molar-refractivity contribution in [3.8, 4) is 10.6 Å². The van der Waals surface area contributed by atoms with Gasteiger partial charge in [0.15, 0.2) is 5.69 Å². The summed E-state index contributed by atoms with van der Waals surface area (Å²) in [4.78, 5) is 23.2. The largest absolute Gasteiger partial charge is 0.433 e. The van der Waals surface area contributed by atoms with E-state index < -0.39 is 11.9 Å². The molecular formula is C20H19F3N4O2S. The number of alkyl halides is 3. The van der Waals surface area contributed by atoms with E-state index in [0.717, 1.165) is 6.07 Å². The van der Waals surface area contributed by atoms with Crippen LogP contribution in [0.2, 0.25) is 0 Å². The zero-order valence-electron chi connectivity index (χ0n) is 16.1. The Morgan fingerprint density at radius 2 is 2.17 bits per heavy atom. The minimum Gasteiger partial charge on any atom is -0.361 e.